The van der Waals surface area contributed by atoms with Gasteiger partial charge in [-0.05, 0) is 37.3 Å². The molecule has 0 saturated carbocycles. The van der Waals surface area contributed by atoms with E-state index in [0.717, 1.165) is 18.2 Å². The number of rotatable bonds is 4. The third kappa shape index (κ3) is 4.15. The van der Waals surface area contributed by atoms with Crippen LogP contribution in [0.15, 0.2) is 53.3 Å². The molecule has 1 atom stereocenters. The van der Waals surface area contributed by atoms with Gasteiger partial charge in [0, 0.05) is 17.0 Å². The minimum absolute atomic E-state index is 0.0146. The Labute approximate surface area is 157 Å². The molecule has 0 saturated heterocycles. The van der Waals surface area contributed by atoms with Crippen molar-refractivity contribution in [2.75, 3.05) is 5.32 Å². The zero-order chi connectivity index (χ0) is 19.6. The molecule has 2 N–H and O–H groups in total. The van der Waals surface area contributed by atoms with Crippen molar-refractivity contribution in [3.05, 3.63) is 75.3 Å². The number of anilines is 1. The van der Waals surface area contributed by atoms with Crippen LogP contribution in [0.1, 0.15) is 17.4 Å². The number of nitrogens with one attached hydrogen (secondary N) is 2. The average Bonchev–Trinajstić information content (AvgIpc) is 2.63. The Bertz CT molecular complexity index is 1100. The topological polar surface area (TPSA) is 88.3 Å². The molecule has 0 fully saturated rings. The summed E-state index contributed by atoms with van der Waals surface area (Å²) >= 11 is 5.85. The van der Waals surface area contributed by atoms with Gasteiger partial charge in [-0.3, -0.25) is 9.59 Å². The van der Waals surface area contributed by atoms with Crippen molar-refractivity contribution in [3.8, 4) is 0 Å². The van der Waals surface area contributed by atoms with Gasteiger partial charge in [-0.2, -0.15) is 0 Å². The monoisotopic (exact) mass is 388 g/mol. The van der Waals surface area contributed by atoms with Gasteiger partial charge in [-0.25, -0.2) is 9.18 Å². The molecule has 3 aromatic rings. The molecule has 0 aliphatic rings. The summed E-state index contributed by atoms with van der Waals surface area (Å²) < 4.78 is 18.2. The minimum Gasteiger partial charge on any atom is -0.448 e. The number of halogens is 2. The normalized spacial score (nSPS) is 11.8. The summed E-state index contributed by atoms with van der Waals surface area (Å²) in [7, 11) is 0. The fraction of sp³-hybridized carbons (Fsp3) is 0.105. The van der Waals surface area contributed by atoms with Crippen molar-refractivity contribution in [2.45, 2.75) is 13.0 Å². The predicted molar refractivity (Wildman–Crippen MR) is 99.5 cm³/mol. The molecule has 6 nitrogen and oxygen atoms in total. The molecule has 138 valence electrons. The number of esters is 1. The van der Waals surface area contributed by atoms with Gasteiger partial charge in [-0.15, -0.1) is 0 Å². The van der Waals surface area contributed by atoms with E-state index in [1.165, 1.54) is 13.0 Å². The Kier molecular flexibility index (Phi) is 5.23. The lowest BCUT2D eigenvalue weighted by molar-refractivity contribution is -0.123. The molecule has 8 heteroatoms. The minimum atomic E-state index is -1.17. The lowest BCUT2D eigenvalue weighted by Crippen LogP contribution is -2.30. The maximum Gasteiger partial charge on any atom is 0.355 e. The highest BCUT2D eigenvalue weighted by Gasteiger charge is 2.21. The Balaban J connectivity index is 1.73. The van der Waals surface area contributed by atoms with E-state index >= 15 is 0 Å². The van der Waals surface area contributed by atoms with Gasteiger partial charge in [0.1, 0.15) is 11.5 Å². The summed E-state index contributed by atoms with van der Waals surface area (Å²) in [4.78, 5) is 39.3. The summed E-state index contributed by atoms with van der Waals surface area (Å²) in [5.41, 5.74) is 0.252. The van der Waals surface area contributed by atoms with Gasteiger partial charge < -0.3 is 15.0 Å². The van der Waals surface area contributed by atoms with E-state index < -0.39 is 23.8 Å². The molecule has 0 bridgehead atoms. The number of hydrogen-bond acceptors (Lipinski definition) is 4. The highest BCUT2D eigenvalue weighted by Crippen LogP contribution is 2.22. The van der Waals surface area contributed by atoms with Crippen LogP contribution in [0.25, 0.3) is 10.9 Å². The highest BCUT2D eigenvalue weighted by atomic mass is 35.5. The second-order valence-corrected chi connectivity index (χ2v) is 6.16. The summed E-state index contributed by atoms with van der Waals surface area (Å²) in [6.45, 7) is 1.36. The number of aromatic nitrogens is 1. The van der Waals surface area contributed by atoms with E-state index in [0.29, 0.717) is 10.9 Å². The summed E-state index contributed by atoms with van der Waals surface area (Å²) in [5.74, 6) is -2.05. The quantitative estimate of drug-likeness (QED) is 0.669. The third-order valence-corrected chi connectivity index (χ3v) is 4.11. The molecule has 1 aromatic heterocycles. The number of para-hydroxylation sites is 1. The number of carbonyl (C=O) groups excluding carboxylic acids is 2. The zero-order valence-corrected chi connectivity index (χ0v) is 14.8. The smallest absolute Gasteiger partial charge is 0.355 e. The summed E-state index contributed by atoms with van der Waals surface area (Å²) in [5, 5.41) is 2.90. The number of fused-ring (bicyclic) bond motifs is 1. The Hall–Kier alpha value is -3.19. The Morgan fingerprint density at radius 3 is 2.67 bits per heavy atom. The van der Waals surface area contributed by atoms with Crippen LogP contribution in [0, 0.1) is 5.82 Å². The maximum atomic E-state index is 13.1. The van der Waals surface area contributed by atoms with E-state index in [1.807, 2.05) is 0 Å². The molecular weight excluding hydrogens is 375 g/mol. The zero-order valence-electron chi connectivity index (χ0n) is 14.1. The molecule has 0 aliphatic carbocycles. The summed E-state index contributed by atoms with van der Waals surface area (Å²) in [6, 6.07) is 11.3. The van der Waals surface area contributed by atoms with Gasteiger partial charge in [0.05, 0.1) is 10.7 Å². The fourth-order valence-electron chi connectivity index (χ4n) is 2.41. The predicted octanol–water partition coefficient (Wildman–Crippen LogP) is 3.50. The van der Waals surface area contributed by atoms with Crippen LogP contribution in [-0.2, 0) is 9.53 Å². The molecule has 27 heavy (non-hydrogen) atoms. The number of carbonyl (C=O) groups is 2. The molecule has 0 aliphatic heterocycles. The molecular formula is C19H14ClFN2O4. The lowest BCUT2D eigenvalue weighted by atomic mass is 10.2. The number of hydrogen-bond donors (Lipinski definition) is 2. The first-order chi connectivity index (χ1) is 12.8. The van der Waals surface area contributed by atoms with Gasteiger partial charge in [0.2, 0.25) is 0 Å². The molecule has 1 heterocycles. The SMILES string of the molecule is C[C@@H](OC(=O)c1cc(=O)c2ccccc2[nH]1)C(=O)Nc1ccc(F)cc1Cl. The van der Waals surface area contributed by atoms with E-state index in [9.17, 15) is 18.8 Å². The number of ether oxygens (including phenoxy) is 1. The first-order valence-corrected chi connectivity index (χ1v) is 8.32. The second-order valence-electron chi connectivity index (χ2n) is 5.75. The van der Waals surface area contributed by atoms with Gasteiger partial charge in [-0.1, -0.05) is 23.7 Å². The second kappa shape index (κ2) is 7.59. The standard InChI is InChI=1S/C19H14ClFN2O4/c1-10(18(25)23-15-7-6-11(21)8-13(15)20)27-19(26)16-9-17(24)12-4-2-3-5-14(12)22-16/h2-10H,1H3,(H,22,24)(H,23,25)/t10-/m1/s1. The average molecular weight is 389 g/mol. The van der Waals surface area contributed by atoms with Crippen LogP contribution in [0.5, 0.6) is 0 Å². The van der Waals surface area contributed by atoms with Crippen molar-refractivity contribution in [1.82, 2.24) is 4.98 Å². The van der Waals surface area contributed by atoms with Crippen molar-refractivity contribution >= 4 is 40.1 Å². The number of H-pyrrole nitrogens is 1. The van der Waals surface area contributed by atoms with Crippen LogP contribution >= 0.6 is 11.6 Å². The molecule has 0 spiro atoms. The van der Waals surface area contributed by atoms with Crippen molar-refractivity contribution in [2.24, 2.45) is 0 Å². The lowest BCUT2D eigenvalue weighted by Gasteiger charge is -2.14. The van der Waals surface area contributed by atoms with E-state index in [1.54, 1.807) is 24.3 Å². The van der Waals surface area contributed by atoms with E-state index in [4.69, 9.17) is 16.3 Å². The number of benzene rings is 2. The summed E-state index contributed by atoms with van der Waals surface area (Å²) in [6.07, 6.45) is -1.17. The molecule has 3 rings (SSSR count). The van der Waals surface area contributed by atoms with Crippen molar-refractivity contribution in [1.29, 1.82) is 0 Å². The van der Waals surface area contributed by atoms with Crippen LogP contribution in [0.4, 0.5) is 10.1 Å². The van der Waals surface area contributed by atoms with E-state index in [2.05, 4.69) is 10.3 Å². The molecule has 1 amide bonds. The number of aromatic amines is 1. The number of amides is 1. The molecule has 0 unspecified atom stereocenters. The molecule has 0 radical (unpaired) electrons. The first kappa shape index (κ1) is 18.6. The Morgan fingerprint density at radius 1 is 1.19 bits per heavy atom. The van der Waals surface area contributed by atoms with Gasteiger partial charge >= 0.3 is 5.97 Å². The van der Waals surface area contributed by atoms with Crippen molar-refractivity contribution < 1.29 is 18.7 Å². The highest BCUT2D eigenvalue weighted by molar-refractivity contribution is 6.33. The fourth-order valence-corrected chi connectivity index (χ4v) is 2.62. The van der Waals surface area contributed by atoms with Gasteiger partial charge in [0.15, 0.2) is 11.5 Å². The van der Waals surface area contributed by atoms with Gasteiger partial charge in [0.25, 0.3) is 5.91 Å². The maximum absolute atomic E-state index is 13.1. The third-order valence-electron chi connectivity index (χ3n) is 3.80. The van der Waals surface area contributed by atoms with Crippen LogP contribution in [0.3, 0.4) is 0 Å². The van der Waals surface area contributed by atoms with Crippen LogP contribution < -0.4 is 10.7 Å². The number of pyridine rings is 1. The largest absolute Gasteiger partial charge is 0.448 e. The molecule has 2 aromatic carbocycles. The van der Waals surface area contributed by atoms with Crippen LogP contribution in [-0.4, -0.2) is 23.0 Å². The van der Waals surface area contributed by atoms with E-state index in [-0.39, 0.29) is 21.8 Å². The van der Waals surface area contributed by atoms with Crippen molar-refractivity contribution in [3.63, 3.8) is 0 Å². The van der Waals surface area contributed by atoms with Crippen LogP contribution in [0.2, 0.25) is 5.02 Å². The first-order valence-electron chi connectivity index (χ1n) is 7.94. The Morgan fingerprint density at radius 2 is 1.93 bits per heavy atom.